The van der Waals surface area contributed by atoms with Crippen LogP contribution in [0.2, 0.25) is 0 Å². The summed E-state index contributed by atoms with van der Waals surface area (Å²) in [6.45, 7) is 8.20. The lowest BCUT2D eigenvalue weighted by Gasteiger charge is -2.39. The number of rotatable bonds is 5. The number of carbonyl (C=O) groups excluding carboxylic acids is 2. The number of ketones is 1. The minimum absolute atomic E-state index is 0.0486. The smallest absolute Gasteiger partial charge is 0.254 e. The van der Waals surface area contributed by atoms with E-state index in [0.717, 1.165) is 23.4 Å². The van der Waals surface area contributed by atoms with Crippen LogP contribution in [-0.2, 0) is 9.59 Å². The number of nitrogens with one attached hydrogen (secondary N) is 2. The van der Waals surface area contributed by atoms with Crippen LogP contribution >= 0.6 is 0 Å². The van der Waals surface area contributed by atoms with Crippen LogP contribution in [0.1, 0.15) is 52.0 Å². The molecule has 1 aliphatic carbocycles. The zero-order valence-electron chi connectivity index (χ0n) is 19.7. The molecule has 2 aliphatic rings. The monoisotopic (exact) mass is 466 g/mol. The van der Waals surface area contributed by atoms with Crippen LogP contribution in [0.3, 0.4) is 0 Å². The quantitative estimate of drug-likeness (QED) is 0.601. The van der Waals surface area contributed by atoms with Gasteiger partial charge in [-0.15, -0.1) is 0 Å². The summed E-state index contributed by atoms with van der Waals surface area (Å²) < 4.78 is 34.1. The molecular weight excluding hydrogens is 438 g/mol. The van der Waals surface area contributed by atoms with Gasteiger partial charge in [0.05, 0.1) is 6.61 Å². The first-order chi connectivity index (χ1) is 16.1. The molecule has 1 aliphatic heterocycles. The van der Waals surface area contributed by atoms with Crippen LogP contribution in [0.25, 0.3) is 0 Å². The maximum absolute atomic E-state index is 14.3. The summed E-state index contributed by atoms with van der Waals surface area (Å²) in [5.41, 5.74) is 2.08. The Labute approximate surface area is 197 Å². The molecule has 1 amide bonds. The fraction of sp³-hybridized carbons (Fsp3) is 0.333. The molecule has 178 valence electrons. The molecule has 7 heteroatoms. The van der Waals surface area contributed by atoms with Gasteiger partial charge in [0, 0.05) is 34.9 Å². The minimum atomic E-state index is -0.872. The lowest BCUT2D eigenvalue weighted by molar-refractivity contribution is -0.118. The van der Waals surface area contributed by atoms with Gasteiger partial charge in [-0.2, -0.15) is 0 Å². The van der Waals surface area contributed by atoms with E-state index in [1.165, 1.54) is 6.07 Å². The number of para-hydroxylation sites is 1. The molecule has 0 saturated carbocycles. The van der Waals surface area contributed by atoms with Gasteiger partial charge >= 0.3 is 0 Å². The van der Waals surface area contributed by atoms with Crippen molar-refractivity contribution in [2.24, 2.45) is 5.41 Å². The van der Waals surface area contributed by atoms with Gasteiger partial charge in [-0.05, 0) is 55.5 Å². The van der Waals surface area contributed by atoms with Gasteiger partial charge in [0.15, 0.2) is 5.78 Å². The van der Waals surface area contributed by atoms with Gasteiger partial charge in [-0.1, -0.05) is 32.0 Å². The maximum atomic E-state index is 14.3. The zero-order chi connectivity index (χ0) is 24.6. The summed E-state index contributed by atoms with van der Waals surface area (Å²) in [4.78, 5) is 26.8. The summed E-state index contributed by atoms with van der Waals surface area (Å²) in [5.74, 6) is -2.47. The van der Waals surface area contributed by atoms with Crippen molar-refractivity contribution in [3.8, 4) is 5.75 Å². The first-order valence-corrected chi connectivity index (χ1v) is 11.3. The Morgan fingerprint density at radius 1 is 1.12 bits per heavy atom. The van der Waals surface area contributed by atoms with Crippen LogP contribution < -0.4 is 15.4 Å². The van der Waals surface area contributed by atoms with E-state index in [0.29, 0.717) is 36.5 Å². The second kappa shape index (κ2) is 9.05. The van der Waals surface area contributed by atoms with Crippen molar-refractivity contribution in [3.05, 3.63) is 82.2 Å². The van der Waals surface area contributed by atoms with Crippen molar-refractivity contribution in [2.75, 3.05) is 11.9 Å². The van der Waals surface area contributed by atoms with E-state index in [1.54, 1.807) is 19.1 Å². The Kier molecular flexibility index (Phi) is 6.30. The van der Waals surface area contributed by atoms with E-state index in [2.05, 4.69) is 10.6 Å². The number of anilines is 1. The fourth-order valence-electron chi connectivity index (χ4n) is 4.79. The predicted molar refractivity (Wildman–Crippen MR) is 126 cm³/mol. The van der Waals surface area contributed by atoms with Gasteiger partial charge in [0.2, 0.25) is 0 Å². The molecule has 0 fully saturated rings. The molecule has 0 aromatic heterocycles. The molecule has 1 heterocycles. The van der Waals surface area contributed by atoms with Crippen LogP contribution in [0.5, 0.6) is 5.75 Å². The van der Waals surface area contributed by atoms with E-state index in [9.17, 15) is 18.4 Å². The number of amides is 1. The summed E-state index contributed by atoms with van der Waals surface area (Å²) in [6.07, 6.45) is 0.993. The van der Waals surface area contributed by atoms with E-state index < -0.39 is 29.1 Å². The molecule has 1 atom stereocenters. The number of dihydropyridines is 1. The summed E-state index contributed by atoms with van der Waals surface area (Å²) >= 11 is 0. The van der Waals surface area contributed by atoms with Crippen LogP contribution in [0.4, 0.5) is 14.5 Å². The molecule has 34 heavy (non-hydrogen) atoms. The van der Waals surface area contributed by atoms with E-state index in [4.69, 9.17) is 4.74 Å². The number of benzene rings is 2. The van der Waals surface area contributed by atoms with Crippen molar-refractivity contribution in [1.29, 1.82) is 0 Å². The Morgan fingerprint density at radius 2 is 1.76 bits per heavy atom. The molecule has 0 spiro atoms. The largest absolute Gasteiger partial charge is 0.494 e. The average molecular weight is 467 g/mol. The molecule has 0 saturated heterocycles. The molecule has 0 bridgehead atoms. The second-order valence-electron chi connectivity index (χ2n) is 9.48. The number of carbonyl (C=O) groups is 2. The van der Waals surface area contributed by atoms with Gasteiger partial charge in [0.25, 0.3) is 5.91 Å². The van der Waals surface area contributed by atoms with Crippen LogP contribution in [0, 0.1) is 17.0 Å². The van der Waals surface area contributed by atoms with Gasteiger partial charge in [0.1, 0.15) is 23.1 Å². The van der Waals surface area contributed by atoms with E-state index >= 15 is 0 Å². The SMILES string of the molecule is CCOc1ccc(C2C(C(=O)Nc3c(F)cccc3F)=C(C)NC3=C2C(=O)CC(C)(C)C3)cc1. The lowest BCUT2D eigenvalue weighted by Crippen LogP contribution is -2.39. The number of halogens is 2. The summed E-state index contributed by atoms with van der Waals surface area (Å²) in [6, 6.07) is 10.6. The first kappa shape index (κ1) is 23.7. The highest BCUT2D eigenvalue weighted by atomic mass is 19.1. The maximum Gasteiger partial charge on any atom is 0.254 e. The highest BCUT2D eigenvalue weighted by molar-refractivity contribution is 6.10. The third kappa shape index (κ3) is 4.47. The van der Waals surface area contributed by atoms with Crippen LogP contribution in [0.15, 0.2) is 65.0 Å². The highest BCUT2D eigenvalue weighted by Gasteiger charge is 2.42. The molecule has 0 radical (unpaired) electrons. The number of Topliss-reactive ketones (excluding diaryl/α,β-unsaturated/α-hetero) is 1. The number of hydrogen-bond acceptors (Lipinski definition) is 4. The molecule has 2 aromatic carbocycles. The number of hydrogen-bond donors (Lipinski definition) is 2. The van der Waals surface area contributed by atoms with E-state index in [-0.39, 0.29) is 16.8 Å². The number of allylic oxidation sites excluding steroid dienone is 3. The predicted octanol–water partition coefficient (Wildman–Crippen LogP) is 5.61. The molecule has 1 unspecified atom stereocenters. The fourth-order valence-corrected chi connectivity index (χ4v) is 4.79. The first-order valence-electron chi connectivity index (χ1n) is 11.3. The Morgan fingerprint density at radius 3 is 2.38 bits per heavy atom. The Bertz CT molecular complexity index is 1190. The van der Waals surface area contributed by atoms with Crippen molar-refractivity contribution in [3.63, 3.8) is 0 Å². The summed E-state index contributed by atoms with van der Waals surface area (Å²) in [7, 11) is 0. The van der Waals surface area contributed by atoms with Crippen molar-refractivity contribution >= 4 is 17.4 Å². The molecule has 4 rings (SSSR count). The molecule has 2 aromatic rings. The average Bonchev–Trinajstić information content (AvgIpc) is 2.75. The molecular formula is C27H28F2N2O3. The Hall–Kier alpha value is -3.48. The second-order valence-corrected chi connectivity index (χ2v) is 9.48. The normalized spacial score (nSPS) is 19.5. The topological polar surface area (TPSA) is 67.4 Å². The standard InChI is InChI=1S/C27H28F2N2O3/c1-5-34-17-11-9-16(10-12-17)23-22(26(33)31-25-18(28)7-6-8-19(25)29)15(2)30-20-13-27(3,4)14-21(32)24(20)23/h6-12,23,30H,5,13-14H2,1-4H3,(H,31,33). The van der Waals surface area contributed by atoms with Crippen molar-refractivity contribution in [2.45, 2.75) is 46.5 Å². The van der Waals surface area contributed by atoms with Crippen molar-refractivity contribution < 1.29 is 23.1 Å². The number of ether oxygens (including phenoxy) is 1. The van der Waals surface area contributed by atoms with Gasteiger partial charge in [-0.3, -0.25) is 9.59 Å². The van der Waals surface area contributed by atoms with E-state index in [1.807, 2.05) is 32.9 Å². The highest BCUT2D eigenvalue weighted by Crippen LogP contribution is 2.47. The van der Waals surface area contributed by atoms with Gasteiger partial charge < -0.3 is 15.4 Å². The zero-order valence-corrected chi connectivity index (χ0v) is 19.7. The van der Waals surface area contributed by atoms with Crippen molar-refractivity contribution in [1.82, 2.24) is 5.32 Å². The molecule has 2 N–H and O–H groups in total. The Balaban J connectivity index is 1.81. The van der Waals surface area contributed by atoms with Gasteiger partial charge in [-0.25, -0.2) is 8.78 Å². The molecule has 5 nitrogen and oxygen atoms in total. The van der Waals surface area contributed by atoms with Crippen LogP contribution in [-0.4, -0.2) is 18.3 Å². The third-order valence-corrected chi connectivity index (χ3v) is 6.21. The lowest BCUT2D eigenvalue weighted by atomic mass is 9.68. The summed E-state index contributed by atoms with van der Waals surface area (Å²) in [5, 5.41) is 5.64. The minimum Gasteiger partial charge on any atom is -0.494 e. The third-order valence-electron chi connectivity index (χ3n) is 6.21.